The Bertz CT molecular complexity index is 1080. The van der Waals surface area contributed by atoms with Crippen molar-refractivity contribution in [1.82, 2.24) is 18.7 Å². The van der Waals surface area contributed by atoms with Crippen molar-refractivity contribution < 1.29 is 0 Å². The molecule has 124 valence electrons. The molecule has 7 nitrogen and oxygen atoms in total. The highest BCUT2D eigenvalue weighted by atomic mass is 35.5. The molecule has 3 aromatic rings. The first-order chi connectivity index (χ1) is 11.5. The number of hydrogen-bond acceptors (Lipinski definition) is 4. The zero-order chi connectivity index (χ0) is 17.0. The lowest BCUT2D eigenvalue weighted by Crippen LogP contribution is -2.38. The van der Waals surface area contributed by atoms with Crippen LogP contribution in [0.15, 0.2) is 33.9 Å². The van der Waals surface area contributed by atoms with Gasteiger partial charge in [0.05, 0.1) is 6.54 Å². The fourth-order valence-corrected chi connectivity index (χ4v) is 3.40. The molecule has 1 aliphatic heterocycles. The molecule has 8 heteroatoms. The van der Waals surface area contributed by atoms with E-state index in [2.05, 4.69) is 9.88 Å². The van der Waals surface area contributed by atoms with Crippen LogP contribution in [0, 0.1) is 0 Å². The average molecular weight is 346 g/mol. The second kappa shape index (κ2) is 5.24. The van der Waals surface area contributed by atoms with E-state index < -0.39 is 0 Å². The molecule has 0 unspecified atom stereocenters. The Labute approximate surface area is 142 Å². The number of imidazole rings is 1. The number of nitrogens with zero attached hydrogens (tertiary/aromatic N) is 5. The van der Waals surface area contributed by atoms with Gasteiger partial charge < -0.3 is 9.47 Å². The number of hydrogen-bond donors (Lipinski definition) is 0. The SMILES string of the molecule is Cn1c(=O)c2c(nc3n2CCN(c2cccc(Cl)c2)C3)n(C)c1=O. The third-order valence-electron chi connectivity index (χ3n) is 4.53. The Morgan fingerprint density at radius 1 is 1.12 bits per heavy atom. The Balaban J connectivity index is 1.86. The van der Waals surface area contributed by atoms with Crippen molar-refractivity contribution in [2.24, 2.45) is 14.1 Å². The third-order valence-corrected chi connectivity index (χ3v) is 4.76. The molecular weight excluding hydrogens is 330 g/mol. The second-order valence-electron chi connectivity index (χ2n) is 5.96. The minimum Gasteiger partial charge on any atom is -0.362 e. The van der Waals surface area contributed by atoms with Gasteiger partial charge in [0.1, 0.15) is 5.82 Å². The van der Waals surface area contributed by atoms with E-state index >= 15 is 0 Å². The van der Waals surface area contributed by atoms with Crippen LogP contribution < -0.4 is 16.1 Å². The zero-order valence-electron chi connectivity index (χ0n) is 13.4. The molecule has 0 radical (unpaired) electrons. The Kier molecular flexibility index (Phi) is 3.28. The van der Waals surface area contributed by atoms with Crippen LogP contribution in [-0.2, 0) is 27.2 Å². The summed E-state index contributed by atoms with van der Waals surface area (Å²) in [6.07, 6.45) is 0. The predicted octanol–water partition coefficient (Wildman–Crippen LogP) is 1.11. The van der Waals surface area contributed by atoms with Crippen LogP contribution in [0.25, 0.3) is 11.2 Å². The Hall–Kier alpha value is -2.54. The van der Waals surface area contributed by atoms with E-state index in [9.17, 15) is 9.59 Å². The highest BCUT2D eigenvalue weighted by Crippen LogP contribution is 2.25. The number of benzene rings is 1. The van der Waals surface area contributed by atoms with Gasteiger partial charge in [0.15, 0.2) is 11.2 Å². The molecule has 1 aliphatic rings. The molecule has 1 aromatic carbocycles. The second-order valence-corrected chi connectivity index (χ2v) is 6.40. The van der Waals surface area contributed by atoms with Crippen molar-refractivity contribution in [3.63, 3.8) is 0 Å². The molecule has 0 N–H and O–H groups in total. The van der Waals surface area contributed by atoms with Crippen molar-refractivity contribution in [2.75, 3.05) is 11.4 Å². The van der Waals surface area contributed by atoms with Gasteiger partial charge in [-0.25, -0.2) is 9.78 Å². The molecule has 0 amide bonds. The maximum atomic E-state index is 12.5. The maximum absolute atomic E-state index is 12.5. The molecule has 0 aliphatic carbocycles. The summed E-state index contributed by atoms with van der Waals surface area (Å²) in [5.41, 5.74) is 1.27. The van der Waals surface area contributed by atoms with Crippen LogP contribution in [0.4, 0.5) is 5.69 Å². The molecule has 4 rings (SSSR count). The van der Waals surface area contributed by atoms with Gasteiger partial charge in [-0.05, 0) is 18.2 Å². The highest BCUT2D eigenvalue weighted by Gasteiger charge is 2.24. The topological polar surface area (TPSA) is 65.1 Å². The van der Waals surface area contributed by atoms with Gasteiger partial charge in [-0.1, -0.05) is 17.7 Å². The number of halogens is 1. The summed E-state index contributed by atoms with van der Waals surface area (Å²) in [4.78, 5) is 31.3. The van der Waals surface area contributed by atoms with Crippen LogP contribution in [0.5, 0.6) is 0 Å². The van der Waals surface area contributed by atoms with Crippen molar-refractivity contribution in [2.45, 2.75) is 13.1 Å². The molecule has 0 saturated heterocycles. The minimum absolute atomic E-state index is 0.303. The molecular formula is C16H16ClN5O2. The normalized spacial score (nSPS) is 14.2. The van der Waals surface area contributed by atoms with E-state index in [1.54, 1.807) is 7.05 Å². The van der Waals surface area contributed by atoms with Gasteiger partial charge in [0.2, 0.25) is 0 Å². The van der Waals surface area contributed by atoms with Gasteiger partial charge in [0.25, 0.3) is 5.56 Å². The van der Waals surface area contributed by atoms with Crippen LogP contribution in [0.3, 0.4) is 0 Å². The van der Waals surface area contributed by atoms with Crippen molar-refractivity contribution in [3.05, 3.63) is 56.0 Å². The summed E-state index contributed by atoms with van der Waals surface area (Å²) < 4.78 is 4.46. The van der Waals surface area contributed by atoms with Gasteiger partial charge >= 0.3 is 5.69 Å². The zero-order valence-corrected chi connectivity index (χ0v) is 14.1. The molecule has 3 heterocycles. The fraction of sp³-hybridized carbons (Fsp3) is 0.312. The quantitative estimate of drug-likeness (QED) is 0.662. The first-order valence-corrected chi connectivity index (χ1v) is 8.01. The summed E-state index contributed by atoms with van der Waals surface area (Å²) in [5, 5.41) is 0.683. The van der Waals surface area contributed by atoms with Crippen molar-refractivity contribution in [1.29, 1.82) is 0 Å². The van der Waals surface area contributed by atoms with Crippen LogP contribution in [0.2, 0.25) is 5.02 Å². The molecule has 0 fully saturated rings. The largest absolute Gasteiger partial charge is 0.362 e. The summed E-state index contributed by atoms with van der Waals surface area (Å²) in [5.74, 6) is 0.773. The van der Waals surface area contributed by atoms with Gasteiger partial charge in [0, 0.05) is 37.9 Å². The molecule has 0 bridgehead atoms. The van der Waals surface area contributed by atoms with Gasteiger partial charge in [-0.15, -0.1) is 0 Å². The van der Waals surface area contributed by atoms with E-state index in [-0.39, 0.29) is 11.2 Å². The first-order valence-electron chi connectivity index (χ1n) is 7.63. The van der Waals surface area contributed by atoms with E-state index in [0.717, 1.165) is 22.6 Å². The van der Waals surface area contributed by atoms with E-state index in [1.165, 1.54) is 11.6 Å². The summed E-state index contributed by atoms with van der Waals surface area (Å²) >= 11 is 6.08. The molecule has 0 saturated carbocycles. The third kappa shape index (κ3) is 2.08. The van der Waals surface area contributed by atoms with Crippen LogP contribution in [-0.4, -0.2) is 25.2 Å². The standard InChI is InChI=1S/C16H16ClN5O2/c1-19-14-13(15(23)20(2)16(19)24)22-7-6-21(9-12(22)18-14)11-5-3-4-10(17)8-11/h3-5,8H,6-7,9H2,1-2H3. The number of aromatic nitrogens is 4. The Morgan fingerprint density at radius 2 is 1.92 bits per heavy atom. The van der Waals surface area contributed by atoms with Crippen molar-refractivity contribution >= 4 is 28.5 Å². The molecule has 24 heavy (non-hydrogen) atoms. The number of anilines is 1. The maximum Gasteiger partial charge on any atom is 0.332 e. The number of rotatable bonds is 1. The fourth-order valence-electron chi connectivity index (χ4n) is 3.22. The van der Waals surface area contributed by atoms with Crippen LogP contribution in [0.1, 0.15) is 5.82 Å². The Morgan fingerprint density at radius 3 is 2.67 bits per heavy atom. The predicted molar refractivity (Wildman–Crippen MR) is 92.7 cm³/mol. The van der Waals surface area contributed by atoms with Crippen molar-refractivity contribution in [3.8, 4) is 0 Å². The first kappa shape index (κ1) is 15.0. The molecule has 0 atom stereocenters. The van der Waals surface area contributed by atoms with Gasteiger partial charge in [-0.2, -0.15) is 0 Å². The monoisotopic (exact) mass is 345 g/mol. The summed E-state index contributed by atoms with van der Waals surface area (Å²) in [6.45, 7) is 1.93. The smallest absolute Gasteiger partial charge is 0.332 e. The average Bonchev–Trinajstić information content (AvgIpc) is 2.97. The van der Waals surface area contributed by atoms with E-state index in [4.69, 9.17) is 11.6 Å². The van der Waals surface area contributed by atoms with E-state index in [0.29, 0.717) is 29.3 Å². The number of aryl methyl sites for hydroxylation is 1. The molecule has 2 aromatic heterocycles. The van der Waals surface area contributed by atoms with E-state index in [1.807, 2.05) is 28.8 Å². The lowest BCUT2D eigenvalue weighted by molar-refractivity contribution is 0.569. The number of fused-ring (bicyclic) bond motifs is 3. The molecule has 0 spiro atoms. The summed E-state index contributed by atoms with van der Waals surface area (Å²) in [6, 6.07) is 7.66. The van der Waals surface area contributed by atoms with Crippen LogP contribution >= 0.6 is 11.6 Å². The summed E-state index contributed by atoms with van der Waals surface area (Å²) in [7, 11) is 3.13. The van der Waals surface area contributed by atoms with Gasteiger partial charge in [-0.3, -0.25) is 13.9 Å². The lowest BCUT2D eigenvalue weighted by Gasteiger charge is -2.29. The minimum atomic E-state index is -0.366. The lowest BCUT2D eigenvalue weighted by atomic mass is 10.2. The highest BCUT2D eigenvalue weighted by molar-refractivity contribution is 6.30.